The Labute approximate surface area is 154 Å². The Hall–Kier alpha value is -2.38. The van der Waals surface area contributed by atoms with Crippen LogP contribution in [0.15, 0.2) is 28.8 Å². The molecule has 4 rings (SSSR count). The molecular formula is C19H20F3N3O2. The zero-order valence-electron chi connectivity index (χ0n) is 14.7. The van der Waals surface area contributed by atoms with Crippen LogP contribution in [0.5, 0.6) is 0 Å². The monoisotopic (exact) mass is 379 g/mol. The molecule has 27 heavy (non-hydrogen) atoms. The summed E-state index contributed by atoms with van der Waals surface area (Å²) in [7, 11) is 0. The first-order valence-electron chi connectivity index (χ1n) is 9.22. The Bertz CT molecular complexity index is 806. The van der Waals surface area contributed by atoms with Gasteiger partial charge in [0, 0.05) is 24.1 Å². The lowest BCUT2D eigenvalue weighted by Crippen LogP contribution is -2.36. The number of halogens is 3. The number of alkyl halides is 3. The molecule has 2 aliphatic carbocycles. The van der Waals surface area contributed by atoms with Gasteiger partial charge in [0.05, 0.1) is 0 Å². The van der Waals surface area contributed by atoms with Crippen molar-refractivity contribution < 1.29 is 22.5 Å². The predicted molar refractivity (Wildman–Crippen MR) is 90.3 cm³/mol. The largest absolute Gasteiger partial charge is 0.471 e. The van der Waals surface area contributed by atoms with E-state index in [0.29, 0.717) is 18.2 Å². The summed E-state index contributed by atoms with van der Waals surface area (Å²) >= 11 is 0. The Kier molecular flexibility index (Phi) is 4.65. The molecule has 1 heterocycles. The van der Waals surface area contributed by atoms with Gasteiger partial charge >= 0.3 is 12.1 Å². The van der Waals surface area contributed by atoms with Gasteiger partial charge in [-0.2, -0.15) is 18.2 Å². The highest BCUT2D eigenvalue weighted by Gasteiger charge is 2.39. The van der Waals surface area contributed by atoms with E-state index in [0.717, 1.165) is 44.1 Å². The fourth-order valence-electron chi connectivity index (χ4n) is 3.59. The van der Waals surface area contributed by atoms with Crippen LogP contribution in [0.25, 0.3) is 11.4 Å². The summed E-state index contributed by atoms with van der Waals surface area (Å²) in [4.78, 5) is 18.2. The van der Waals surface area contributed by atoms with Gasteiger partial charge in [0.1, 0.15) is 0 Å². The minimum atomic E-state index is -4.66. The molecule has 2 fully saturated rings. The molecule has 0 saturated heterocycles. The average Bonchev–Trinajstić information content (AvgIpc) is 3.13. The summed E-state index contributed by atoms with van der Waals surface area (Å²) in [5, 5.41) is 3.39. The number of hydrogen-bond donors (Lipinski definition) is 0. The number of hydrogen-bond acceptors (Lipinski definition) is 4. The van der Waals surface area contributed by atoms with E-state index in [1.54, 1.807) is 24.3 Å². The van der Waals surface area contributed by atoms with Crippen LogP contribution < -0.4 is 0 Å². The van der Waals surface area contributed by atoms with E-state index >= 15 is 0 Å². The van der Waals surface area contributed by atoms with E-state index in [1.165, 1.54) is 0 Å². The summed E-state index contributed by atoms with van der Waals surface area (Å²) in [6.07, 6.45) is 1.61. The van der Waals surface area contributed by atoms with Crippen LogP contribution in [-0.4, -0.2) is 27.0 Å². The number of benzene rings is 1. The van der Waals surface area contributed by atoms with Crippen LogP contribution in [0.1, 0.15) is 50.0 Å². The van der Waals surface area contributed by atoms with Crippen molar-refractivity contribution in [3.8, 4) is 11.4 Å². The van der Waals surface area contributed by atoms with Crippen molar-refractivity contribution in [2.75, 3.05) is 0 Å². The normalized spacial score (nSPS) is 18.0. The van der Waals surface area contributed by atoms with E-state index in [9.17, 15) is 18.0 Å². The molecule has 8 heteroatoms. The van der Waals surface area contributed by atoms with Gasteiger partial charge in [-0.05, 0) is 31.2 Å². The molecule has 0 N–H and O–H groups in total. The topological polar surface area (TPSA) is 59.2 Å². The highest BCUT2D eigenvalue weighted by molar-refractivity contribution is 5.79. The Morgan fingerprint density at radius 1 is 1.11 bits per heavy atom. The fraction of sp³-hybridized carbons (Fsp3) is 0.526. The van der Waals surface area contributed by atoms with Crippen LogP contribution >= 0.6 is 0 Å². The third-order valence-corrected chi connectivity index (χ3v) is 5.21. The molecule has 144 valence electrons. The molecule has 0 aliphatic heterocycles. The molecule has 2 aromatic rings. The minimum Gasteiger partial charge on any atom is -0.335 e. The van der Waals surface area contributed by atoms with Crippen LogP contribution in [0.3, 0.4) is 0 Å². The average molecular weight is 379 g/mol. The zero-order chi connectivity index (χ0) is 19.0. The van der Waals surface area contributed by atoms with Crippen molar-refractivity contribution in [3.05, 3.63) is 35.7 Å². The lowest BCUT2D eigenvalue weighted by molar-refractivity contribution is -0.159. The fourth-order valence-corrected chi connectivity index (χ4v) is 3.59. The van der Waals surface area contributed by atoms with Crippen molar-refractivity contribution in [3.63, 3.8) is 0 Å². The number of amides is 1. The lowest BCUT2D eigenvalue weighted by atomic mass is 10.1. The van der Waals surface area contributed by atoms with Crippen LogP contribution in [0.4, 0.5) is 13.2 Å². The Morgan fingerprint density at radius 3 is 2.33 bits per heavy atom. The number of rotatable bonds is 5. The van der Waals surface area contributed by atoms with E-state index < -0.39 is 12.1 Å². The van der Waals surface area contributed by atoms with Gasteiger partial charge < -0.3 is 9.42 Å². The molecule has 0 unspecified atom stereocenters. The SMILES string of the molecule is O=C(C1CCCC1)N(Cc1ccc(-c2noc(C(F)(F)F)n2)cc1)C1CC1. The third-order valence-electron chi connectivity index (χ3n) is 5.21. The molecular weight excluding hydrogens is 359 g/mol. The molecule has 2 saturated carbocycles. The van der Waals surface area contributed by atoms with E-state index in [-0.39, 0.29) is 17.6 Å². The zero-order valence-corrected chi connectivity index (χ0v) is 14.7. The van der Waals surface area contributed by atoms with Crippen LogP contribution in [0, 0.1) is 5.92 Å². The summed E-state index contributed by atoms with van der Waals surface area (Å²) < 4.78 is 42.0. The van der Waals surface area contributed by atoms with Gasteiger partial charge in [-0.1, -0.05) is 42.3 Å². The van der Waals surface area contributed by atoms with Gasteiger partial charge in [-0.15, -0.1) is 0 Å². The summed E-state index contributed by atoms with van der Waals surface area (Å²) in [6, 6.07) is 7.24. The highest BCUT2D eigenvalue weighted by Crippen LogP contribution is 2.34. The molecule has 2 aliphatic rings. The second-order valence-corrected chi connectivity index (χ2v) is 7.30. The quantitative estimate of drug-likeness (QED) is 0.771. The minimum absolute atomic E-state index is 0.102. The molecule has 0 spiro atoms. The first-order valence-corrected chi connectivity index (χ1v) is 9.22. The first kappa shape index (κ1) is 18.0. The summed E-state index contributed by atoms with van der Waals surface area (Å²) in [5.74, 6) is -1.07. The van der Waals surface area contributed by atoms with Crippen LogP contribution in [0.2, 0.25) is 0 Å². The second-order valence-electron chi connectivity index (χ2n) is 7.30. The van der Waals surface area contributed by atoms with Crippen molar-refractivity contribution in [2.45, 2.75) is 57.3 Å². The molecule has 1 aromatic heterocycles. The second kappa shape index (κ2) is 6.98. The number of carbonyl (C=O) groups excluding carboxylic acids is 1. The van der Waals surface area contributed by atoms with Crippen molar-refractivity contribution in [1.29, 1.82) is 0 Å². The number of carbonyl (C=O) groups is 1. The van der Waals surface area contributed by atoms with E-state index in [4.69, 9.17) is 0 Å². The van der Waals surface area contributed by atoms with Crippen molar-refractivity contribution >= 4 is 5.91 Å². The summed E-state index contributed by atoms with van der Waals surface area (Å²) in [5.41, 5.74) is 1.38. The van der Waals surface area contributed by atoms with Gasteiger partial charge in [-0.3, -0.25) is 4.79 Å². The van der Waals surface area contributed by atoms with Gasteiger partial charge in [0.15, 0.2) is 0 Å². The maximum atomic E-state index is 12.8. The maximum absolute atomic E-state index is 12.8. The molecule has 1 aromatic carbocycles. The number of aromatic nitrogens is 2. The van der Waals surface area contributed by atoms with E-state index in [1.807, 2.05) is 4.90 Å². The molecule has 1 amide bonds. The lowest BCUT2D eigenvalue weighted by Gasteiger charge is -2.25. The Morgan fingerprint density at radius 2 is 1.78 bits per heavy atom. The van der Waals surface area contributed by atoms with Gasteiger partial charge in [0.25, 0.3) is 0 Å². The van der Waals surface area contributed by atoms with Gasteiger partial charge in [-0.25, -0.2) is 0 Å². The first-order chi connectivity index (χ1) is 12.9. The summed E-state index contributed by atoms with van der Waals surface area (Å²) in [6.45, 7) is 0.528. The smallest absolute Gasteiger partial charge is 0.335 e. The molecule has 5 nitrogen and oxygen atoms in total. The third kappa shape index (κ3) is 3.99. The Balaban J connectivity index is 1.46. The maximum Gasteiger partial charge on any atom is 0.471 e. The van der Waals surface area contributed by atoms with Crippen molar-refractivity contribution in [2.24, 2.45) is 5.92 Å². The molecule has 0 atom stereocenters. The molecule has 0 bridgehead atoms. The standard InChI is InChI=1S/C19H20F3N3O2/c20-19(21,22)18-23-16(24-27-18)13-7-5-12(6-8-13)11-25(15-9-10-15)17(26)14-3-1-2-4-14/h5-8,14-15H,1-4,9-11H2. The highest BCUT2D eigenvalue weighted by atomic mass is 19.4. The van der Waals surface area contributed by atoms with E-state index in [2.05, 4.69) is 14.7 Å². The molecule has 0 radical (unpaired) electrons. The van der Waals surface area contributed by atoms with Crippen LogP contribution in [-0.2, 0) is 17.5 Å². The van der Waals surface area contributed by atoms with Gasteiger partial charge in [0.2, 0.25) is 11.7 Å². The predicted octanol–water partition coefficient (Wildman–Crippen LogP) is 4.44. The number of nitrogens with zero attached hydrogens (tertiary/aromatic N) is 3. The van der Waals surface area contributed by atoms with Crippen molar-refractivity contribution in [1.82, 2.24) is 15.0 Å².